The maximum Gasteiger partial charge on any atom is 0.337 e. The molecule has 118 valence electrons. The molecule has 0 unspecified atom stereocenters. The minimum Gasteiger partial charge on any atom is -0.465 e. The van der Waals surface area contributed by atoms with Crippen molar-refractivity contribution in [2.24, 2.45) is 0 Å². The van der Waals surface area contributed by atoms with E-state index in [4.69, 9.17) is 9.47 Å². The van der Waals surface area contributed by atoms with Crippen molar-refractivity contribution in [2.75, 3.05) is 47.5 Å². The van der Waals surface area contributed by atoms with Gasteiger partial charge in [-0.3, -0.25) is 0 Å². The molecule has 0 bridgehead atoms. The highest BCUT2D eigenvalue weighted by molar-refractivity contribution is 9.10. The number of ether oxygens (including phenoxy) is 2. The standard InChI is InChI=1S/C15H23BrN2O3/c1-18(8-9-20-2)7-6-17-11-13-5-4-12(10-14(13)16)15(19)21-3/h4-5,10,17H,6-9,11H2,1-3H3. The molecular formula is C15H23BrN2O3. The fourth-order valence-electron chi connectivity index (χ4n) is 1.79. The van der Waals surface area contributed by atoms with Gasteiger partial charge < -0.3 is 19.7 Å². The third-order valence-electron chi connectivity index (χ3n) is 3.14. The normalized spacial score (nSPS) is 10.9. The van der Waals surface area contributed by atoms with E-state index in [1.54, 1.807) is 19.2 Å². The quantitative estimate of drug-likeness (QED) is 0.539. The van der Waals surface area contributed by atoms with Crippen LogP contribution in [0.3, 0.4) is 0 Å². The van der Waals surface area contributed by atoms with E-state index in [0.717, 1.165) is 42.8 Å². The lowest BCUT2D eigenvalue weighted by atomic mass is 10.1. The molecule has 0 heterocycles. The van der Waals surface area contributed by atoms with E-state index in [1.165, 1.54) is 7.11 Å². The third kappa shape index (κ3) is 6.56. The van der Waals surface area contributed by atoms with Gasteiger partial charge in [0.15, 0.2) is 0 Å². The molecule has 0 aliphatic rings. The SMILES string of the molecule is COCCN(C)CCNCc1ccc(C(=O)OC)cc1Br. The zero-order valence-corrected chi connectivity index (χ0v) is 14.4. The minimum absolute atomic E-state index is 0.324. The fourth-order valence-corrected chi connectivity index (χ4v) is 2.31. The van der Waals surface area contributed by atoms with E-state index < -0.39 is 0 Å². The smallest absolute Gasteiger partial charge is 0.337 e. The summed E-state index contributed by atoms with van der Waals surface area (Å²) in [7, 11) is 5.16. The minimum atomic E-state index is -0.324. The predicted octanol–water partition coefficient (Wildman–Crippen LogP) is 1.90. The van der Waals surface area contributed by atoms with Crippen molar-refractivity contribution in [2.45, 2.75) is 6.54 Å². The van der Waals surface area contributed by atoms with Crippen molar-refractivity contribution in [3.8, 4) is 0 Å². The van der Waals surface area contributed by atoms with Crippen molar-refractivity contribution < 1.29 is 14.3 Å². The van der Waals surface area contributed by atoms with Crippen LogP contribution in [0.25, 0.3) is 0 Å². The summed E-state index contributed by atoms with van der Waals surface area (Å²) in [6, 6.07) is 5.49. The van der Waals surface area contributed by atoms with Gasteiger partial charge in [-0.15, -0.1) is 0 Å². The van der Waals surface area contributed by atoms with Crippen molar-refractivity contribution in [3.05, 3.63) is 33.8 Å². The molecule has 0 aromatic heterocycles. The third-order valence-corrected chi connectivity index (χ3v) is 3.88. The van der Waals surface area contributed by atoms with E-state index in [0.29, 0.717) is 5.56 Å². The van der Waals surface area contributed by atoms with E-state index in [1.807, 2.05) is 6.07 Å². The monoisotopic (exact) mass is 358 g/mol. The first-order chi connectivity index (χ1) is 10.1. The van der Waals surface area contributed by atoms with Crippen molar-refractivity contribution in [1.82, 2.24) is 10.2 Å². The van der Waals surface area contributed by atoms with Crippen LogP contribution in [0, 0.1) is 0 Å². The molecule has 0 saturated heterocycles. The molecule has 0 atom stereocenters. The van der Waals surface area contributed by atoms with Crippen LogP contribution in [0.1, 0.15) is 15.9 Å². The number of methoxy groups -OCH3 is 2. The van der Waals surface area contributed by atoms with E-state index in [2.05, 4.69) is 33.2 Å². The topological polar surface area (TPSA) is 50.8 Å². The Kier molecular flexibility index (Phi) is 8.52. The van der Waals surface area contributed by atoms with Gasteiger partial charge in [0, 0.05) is 37.8 Å². The number of rotatable bonds is 9. The lowest BCUT2D eigenvalue weighted by Gasteiger charge is -2.16. The van der Waals surface area contributed by atoms with E-state index in [-0.39, 0.29) is 5.97 Å². The van der Waals surface area contributed by atoms with Crippen molar-refractivity contribution in [1.29, 1.82) is 0 Å². The summed E-state index contributed by atoms with van der Waals surface area (Å²) in [6.07, 6.45) is 0. The molecule has 0 aliphatic heterocycles. The molecule has 1 N–H and O–H groups in total. The number of carbonyl (C=O) groups excluding carboxylic acids is 1. The second kappa shape index (κ2) is 9.89. The van der Waals surface area contributed by atoms with Gasteiger partial charge in [0.1, 0.15) is 0 Å². The molecule has 0 fully saturated rings. The molecule has 6 heteroatoms. The number of esters is 1. The van der Waals surface area contributed by atoms with Gasteiger partial charge in [0.25, 0.3) is 0 Å². The molecule has 0 radical (unpaired) electrons. The number of likely N-dealkylation sites (N-methyl/N-ethyl adjacent to an activating group) is 1. The van der Waals surface area contributed by atoms with E-state index in [9.17, 15) is 4.79 Å². The Morgan fingerprint density at radius 3 is 2.71 bits per heavy atom. The maximum absolute atomic E-state index is 11.4. The predicted molar refractivity (Wildman–Crippen MR) is 86.6 cm³/mol. The lowest BCUT2D eigenvalue weighted by molar-refractivity contribution is 0.0600. The van der Waals surface area contributed by atoms with Crippen LogP contribution in [0.5, 0.6) is 0 Å². The molecule has 21 heavy (non-hydrogen) atoms. The molecule has 0 spiro atoms. The molecule has 1 rings (SSSR count). The van der Waals surface area contributed by atoms with Crippen LogP contribution in [-0.2, 0) is 16.0 Å². The van der Waals surface area contributed by atoms with Gasteiger partial charge in [-0.2, -0.15) is 0 Å². The molecule has 1 aromatic rings. The Hall–Kier alpha value is -0.950. The number of hydrogen-bond donors (Lipinski definition) is 1. The Bertz CT molecular complexity index is 455. The van der Waals surface area contributed by atoms with Crippen LogP contribution in [-0.4, -0.2) is 58.4 Å². The lowest BCUT2D eigenvalue weighted by Crippen LogP contribution is -2.31. The summed E-state index contributed by atoms with van der Waals surface area (Å²) < 4.78 is 10.6. The fraction of sp³-hybridized carbons (Fsp3) is 0.533. The van der Waals surface area contributed by atoms with Gasteiger partial charge >= 0.3 is 5.97 Å². The van der Waals surface area contributed by atoms with Crippen LogP contribution in [0.4, 0.5) is 0 Å². The highest BCUT2D eigenvalue weighted by Crippen LogP contribution is 2.19. The summed E-state index contributed by atoms with van der Waals surface area (Å²) in [5.41, 5.74) is 1.66. The Labute approximate surface area is 134 Å². The van der Waals surface area contributed by atoms with Crippen LogP contribution < -0.4 is 5.32 Å². The van der Waals surface area contributed by atoms with E-state index >= 15 is 0 Å². The number of halogens is 1. The largest absolute Gasteiger partial charge is 0.465 e. The number of benzene rings is 1. The maximum atomic E-state index is 11.4. The Morgan fingerprint density at radius 1 is 1.33 bits per heavy atom. The van der Waals surface area contributed by atoms with Gasteiger partial charge in [-0.05, 0) is 24.7 Å². The Balaban J connectivity index is 2.37. The summed E-state index contributed by atoms with van der Waals surface area (Å²) in [5.74, 6) is -0.324. The molecule has 0 aliphatic carbocycles. The van der Waals surface area contributed by atoms with Crippen LogP contribution in [0.15, 0.2) is 22.7 Å². The van der Waals surface area contributed by atoms with Crippen LogP contribution >= 0.6 is 15.9 Å². The highest BCUT2D eigenvalue weighted by atomic mass is 79.9. The average Bonchev–Trinajstić information content (AvgIpc) is 2.49. The summed E-state index contributed by atoms with van der Waals surface area (Å²) >= 11 is 3.49. The molecule has 0 saturated carbocycles. The average molecular weight is 359 g/mol. The zero-order chi connectivity index (χ0) is 15.7. The van der Waals surface area contributed by atoms with Crippen LogP contribution in [0.2, 0.25) is 0 Å². The van der Waals surface area contributed by atoms with Gasteiger partial charge in [0.2, 0.25) is 0 Å². The second-order valence-corrected chi connectivity index (χ2v) is 5.62. The number of hydrogen-bond acceptors (Lipinski definition) is 5. The van der Waals surface area contributed by atoms with Crippen molar-refractivity contribution >= 4 is 21.9 Å². The number of carbonyl (C=O) groups is 1. The first-order valence-electron chi connectivity index (χ1n) is 6.83. The zero-order valence-electron chi connectivity index (χ0n) is 12.8. The molecule has 5 nitrogen and oxygen atoms in total. The van der Waals surface area contributed by atoms with Crippen molar-refractivity contribution in [3.63, 3.8) is 0 Å². The first-order valence-corrected chi connectivity index (χ1v) is 7.62. The summed E-state index contributed by atoms with van der Waals surface area (Å²) in [4.78, 5) is 13.6. The number of nitrogens with zero attached hydrogens (tertiary/aromatic N) is 1. The second-order valence-electron chi connectivity index (χ2n) is 4.77. The highest BCUT2D eigenvalue weighted by Gasteiger charge is 2.08. The molecule has 1 aromatic carbocycles. The summed E-state index contributed by atoms with van der Waals surface area (Å²) in [6.45, 7) is 4.28. The van der Waals surface area contributed by atoms with Gasteiger partial charge in [0.05, 0.1) is 19.3 Å². The van der Waals surface area contributed by atoms with Gasteiger partial charge in [-0.25, -0.2) is 4.79 Å². The molecular weight excluding hydrogens is 336 g/mol. The molecule has 0 amide bonds. The first kappa shape index (κ1) is 18.1. The number of nitrogens with one attached hydrogen (secondary N) is 1. The Morgan fingerprint density at radius 2 is 2.10 bits per heavy atom. The van der Waals surface area contributed by atoms with Gasteiger partial charge in [-0.1, -0.05) is 22.0 Å². The summed E-state index contributed by atoms with van der Waals surface area (Å²) in [5, 5.41) is 3.38.